The Morgan fingerprint density at radius 2 is 2.33 bits per heavy atom. The van der Waals surface area contributed by atoms with Gasteiger partial charge in [-0.05, 0) is 19.1 Å². The topological polar surface area (TPSA) is 81.4 Å². The molecule has 0 spiro atoms. The van der Waals surface area contributed by atoms with E-state index in [9.17, 15) is 9.59 Å². The monoisotopic (exact) mass is 308 g/mol. The Balaban J connectivity index is 1.77. The summed E-state index contributed by atoms with van der Waals surface area (Å²) in [7, 11) is 0. The molecule has 0 aliphatic heterocycles. The van der Waals surface area contributed by atoms with Crippen molar-refractivity contribution in [1.29, 1.82) is 0 Å². The van der Waals surface area contributed by atoms with Gasteiger partial charge in [0.2, 0.25) is 5.91 Å². The van der Waals surface area contributed by atoms with Crippen molar-refractivity contribution in [2.75, 3.05) is 13.2 Å². The molecule has 7 heteroatoms. The van der Waals surface area contributed by atoms with E-state index in [1.165, 1.54) is 11.3 Å². The number of nitrogens with zero attached hydrogens (tertiary/aromatic N) is 1. The maximum atomic E-state index is 11.7. The first-order valence-corrected chi connectivity index (χ1v) is 7.47. The van der Waals surface area contributed by atoms with Crippen LogP contribution in [0.2, 0.25) is 0 Å². The van der Waals surface area contributed by atoms with Gasteiger partial charge in [-0.25, -0.2) is 4.98 Å². The summed E-state index contributed by atoms with van der Waals surface area (Å²) < 4.78 is 10.0. The first-order valence-electron chi connectivity index (χ1n) is 6.59. The number of carbonyl (C=O) groups excluding carboxylic acids is 2. The molecule has 0 bridgehead atoms. The Bertz CT molecular complexity index is 592. The zero-order chi connectivity index (χ0) is 15.1. The maximum absolute atomic E-state index is 11.7. The molecule has 0 saturated heterocycles. The quantitative estimate of drug-likeness (QED) is 0.791. The number of hydrogen-bond acceptors (Lipinski definition) is 6. The minimum Gasteiger partial charge on any atom is -0.466 e. The molecule has 21 heavy (non-hydrogen) atoms. The second-order valence-corrected chi connectivity index (χ2v) is 5.06. The number of hydrogen-bond donors (Lipinski definition) is 1. The van der Waals surface area contributed by atoms with Crippen molar-refractivity contribution in [3.63, 3.8) is 0 Å². The first-order chi connectivity index (χ1) is 10.2. The average molecular weight is 308 g/mol. The van der Waals surface area contributed by atoms with Crippen molar-refractivity contribution in [2.45, 2.75) is 19.8 Å². The van der Waals surface area contributed by atoms with Crippen molar-refractivity contribution < 1.29 is 18.7 Å². The van der Waals surface area contributed by atoms with E-state index in [0.29, 0.717) is 18.1 Å². The Hall–Kier alpha value is -2.15. The third-order valence-corrected chi connectivity index (χ3v) is 3.49. The maximum Gasteiger partial charge on any atom is 0.307 e. The van der Waals surface area contributed by atoms with Crippen LogP contribution in [-0.2, 0) is 20.7 Å². The van der Waals surface area contributed by atoms with Crippen LogP contribution in [0.1, 0.15) is 19.0 Å². The number of nitrogens with one attached hydrogen (secondary N) is 1. The minimum atomic E-state index is -0.313. The number of esters is 1. The van der Waals surface area contributed by atoms with Crippen LogP contribution in [-0.4, -0.2) is 30.0 Å². The molecule has 1 N–H and O–H groups in total. The second-order valence-electron chi connectivity index (χ2n) is 4.20. The number of amides is 1. The largest absolute Gasteiger partial charge is 0.466 e. The van der Waals surface area contributed by atoms with E-state index in [2.05, 4.69) is 10.3 Å². The fraction of sp³-hybridized carbons (Fsp3) is 0.357. The van der Waals surface area contributed by atoms with Crippen LogP contribution in [0.5, 0.6) is 0 Å². The van der Waals surface area contributed by atoms with E-state index in [1.807, 2.05) is 11.4 Å². The summed E-state index contributed by atoms with van der Waals surface area (Å²) in [5.41, 5.74) is 0.681. The van der Waals surface area contributed by atoms with Gasteiger partial charge in [-0.2, -0.15) is 0 Å². The highest BCUT2D eigenvalue weighted by Crippen LogP contribution is 2.23. The number of furan rings is 1. The number of rotatable bonds is 7. The van der Waals surface area contributed by atoms with Crippen LogP contribution < -0.4 is 5.32 Å². The van der Waals surface area contributed by atoms with E-state index in [1.54, 1.807) is 19.3 Å². The molecule has 0 radical (unpaired) electrons. The lowest BCUT2D eigenvalue weighted by molar-refractivity contribution is -0.143. The Labute approximate surface area is 126 Å². The molecule has 0 aliphatic carbocycles. The van der Waals surface area contributed by atoms with Gasteiger partial charge in [0.15, 0.2) is 10.8 Å². The van der Waals surface area contributed by atoms with Crippen molar-refractivity contribution in [2.24, 2.45) is 0 Å². The van der Waals surface area contributed by atoms with Gasteiger partial charge in [-0.15, -0.1) is 11.3 Å². The van der Waals surface area contributed by atoms with Gasteiger partial charge in [-0.1, -0.05) is 0 Å². The van der Waals surface area contributed by atoms with Crippen molar-refractivity contribution >= 4 is 23.2 Å². The summed E-state index contributed by atoms with van der Waals surface area (Å²) in [6.45, 7) is 2.36. The van der Waals surface area contributed by atoms with Crippen LogP contribution in [0.4, 0.5) is 0 Å². The Morgan fingerprint density at radius 3 is 3.05 bits per heavy atom. The van der Waals surface area contributed by atoms with Crippen LogP contribution >= 0.6 is 11.3 Å². The number of carbonyl (C=O) groups is 2. The highest BCUT2D eigenvalue weighted by Gasteiger charge is 2.11. The van der Waals surface area contributed by atoms with E-state index >= 15 is 0 Å². The SMILES string of the molecule is CCOC(=O)CCNC(=O)Cc1csc(-c2ccco2)n1. The smallest absolute Gasteiger partial charge is 0.307 e. The zero-order valence-corrected chi connectivity index (χ0v) is 12.4. The molecule has 0 unspecified atom stereocenters. The first kappa shape index (κ1) is 15.2. The number of thiazole rings is 1. The van der Waals surface area contributed by atoms with E-state index < -0.39 is 0 Å². The molecule has 2 rings (SSSR count). The molecule has 1 amide bonds. The molecule has 0 fully saturated rings. The highest BCUT2D eigenvalue weighted by molar-refractivity contribution is 7.13. The summed E-state index contributed by atoms with van der Waals surface area (Å²) in [4.78, 5) is 27.2. The van der Waals surface area contributed by atoms with Gasteiger partial charge in [0.05, 0.1) is 31.4 Å². The van der Waals surface area contributed by atoms with Crippen molar-refractivity contribution in [3.8, 4) is 10.8 Å². The lowest BCUT2D eigenvalue weighted by atomic mass is 10.3. The van der Waals surface area contributed by atoms with Gasteiger partial charge in [-0.3, -0.25) is 9.59 Å². The Morgan fingerprint density at radius 1 is 1.48 bits per heavy atom. The lowest BCUT2D eigenvalue weighted by Gasteiger charge is -2.03. The fourth-order valence-electron chi connectivity index (χ4n) is 1.67. The summed E-state index contributed by atoms with van der Waals surface area (Å²) in [6, 6.07) is 3.61. The highest BCUT2D eigenvalue weighted by atomic mass is 32.1. The fourth-order valence-corrected chi connectivity index (χ4v) is 2.45. The van der Waals surface area contributed by atoms with Gasteiger partial charge in [0.1, 0.15) is 0 Å². The predicted molar refractivity (Wildman–Crippen MR) is 77.8 cm³/mol. The summed E-state index contributed by atoms with van der Waals surface area (Å²) >= 11 is 1.43. The van der Waals surface area contributed by atoms with Crippen LogP contribution in [0.25, 0.3) is 10.8 Å². The molecule has 0 atom stereocenters. The second kappa shape index (κ2) is 7.58. The molecule has 0 aromatic carbocycles. The summed E-state index contributed by atoms with van der Waals surface area (Å²) in [5.74, 6) is 0.205. The number of ether oxygens (including phenoxy) is 1. The third kappa shape index (κ3) is 4.71. The lowest BCUT2D eigenvalue weighted by Crippen LogP contribution is -2.28. The van der Waals surface area contributed by atoms with Crippen LogP contribution in [0, 0.1) is 0 Å². The number of aromatic nitrogens is 1. The van der Waals surface area contributed by atoms with Crippen LogP contribution in [0.3, 0.4) is 0 Å². The normalized spacial score (nSPS) is 10.3. The van der Waals surface area contributed by atoms with Gasteiger partial charge in [0, 0.05) is 11.9 Å². The molecule has 0 aliphatic rings. The summed E-state index contributed by atoms with van der Waals surface area (Å²) in [6.07, 6.45) is 1.94. The zero-order valence-electron chi connectivity index (χ0n) is 11.6. The summed E-state index contributed by atoms with van der Waals surface area (Å²) in [5, 5.41) is 5.23. The standard InChI is InChI=1S/C14H16N2O4S/c1-2-19-13(18)5-6-15-12(17)8-10-9-21-14(16-10)11-4-3-7-20-11/h3-4,7,9H,2,5-6,8H2,1H3,(H,15,17). The van der Waals surface area contributed by atoms with E-state index in [4.69, 9.17) is 9.15 Å². The Kier molecular flexibility index (Phi) is 5.51. The molecule has 6 nitrogen and oxygen atoms in total. The molecule has 0 saturated carbocycles. The van der Waals surface area contributed by atoms with Crippen molar-refractivity contribution in [1.82, 2.24) is 10.3 Å². The molecule has 112 valence electrons. The average Bonchev–Trinajstić information content (AvgIpc) is 3.09. The molecule has 2 heterocycles. The third-order valence-electron chi connectivity index (χ3n) is 2.58. The van der Waals surface area contributed by atoms with Crippen molar-refractivity contribution in [3.05, 3.63) is 29.5 Å². The van der Waals surface area contributed by atoms with E-state index in [0.717, 1.165) is 5.01 Å². The van der Waals surface area contributed by atoms with Gasteiger partial charge < -0.3 is 14.5 Å². The molecular formula is C14H16N2O4S. The molecule has 2 aromatic rings. The molecular weight excluding hydrogens is 292 g/mol. The van der Waals surface area contributed by atoms with Gasteiger partial charge >= 0.3 is 5.97 Å². The minimum absolute atomic E-state index is 0.171. The molecule has 2 aromatic heterocycles. The van der Waals surface area contributed by atoms with Crippen LogP contribution in [0.15, 0.2) is 28.2 Å². The van der Waals surface area contributed by atoms with E-state index in [-0.39, 0.29) is 31.3 Å². The predicted octanol–water partition coefficient (Wildman–Crippen LogP) is 2.01. The van der Waals surface area contributed by atoms with Gasteiger partial charge in [0.25, 0.3) is 0 Å².